The molecule has 0 spiro atoms. The lowest BCUT2D eigenvalue weighted by atomic mass is 10.1. The van der Waals surface area contributed by atoms with E-state index < -0.39 is 0 Å². The third-order valence-electron chi connectivity index (χ3n) is 3.04. The number of aromatic nitrogens is 4. The zero-order valence-corrected chi connectivity index (χ0v) is 11.9. The van der Waals surface area contributed by atoms with Crippen molar-refractivity contribution in [1.29, 1.82) is 0 Å². The minimum Gasteiger partial charge on any atom is -0.382 e. The van der Waals surface area contributed by atoms with Crippen molar-refractivity contribution in [2.24, 2.45) is 0 Å². The minimum absolute atomic E-state index is 0.194. The van der Waals surface area contributed by atoms with Gasteiger partial charge >= 0.3 is 0 Å². The predicted octanol–water partition coefficient (Wildman–Crippen LogP) is 2.01. The van der Waals surface area contributed by atoms with Crippen molar-refractivity contribution in [2.45, 2.75) is 6.92 Å². The van der Waals surface area contributed by atoms with Crippen LogP contribution in [0.1, 0.15) is 16.2 Å². The van der Waals surface area contributed by atoms with Gasteiger partial charge < -0.3 is 16.0 Å². The lowest BCUT2D eigenvalue weighted by Gasteiger charge is -2.09. The number of hydrogen-bond acceptors (Lipinski definition) is 5. The first-order chi connectivity index (χ1) is 10.6. The second-order valence-corrected chi connectivity index (χ2v) is 4.74. The van der Waals surface area contributed by atoms with Crippen LogP contribution in [0, 0.1) is 6.92 Å². The molecular weight excluding hydrogens is 280 g/mol. The fourth-order valence-corrected chi connectivity index (χ4v) is 1.99. The third-order valence-corrected chi connectivity index (χ3v) is 3.04. The second-order valence-electron chi connectivity index (χ2n) is 4.74. The molecule has 22 heavy (non-hydrogen) atoms. The number of nitrogens with zero attached hydrogens (tertiary/aromatic N) is 3. The Hall–Kier alpha value is -3.22. The van der Waals surface area contributed by atoms with Gasteiger partial charge in [0.15, 0.2) is 0 Å². The largest absolute Gasteiger partial charge is 0.382 e. The topological polar surface area (TPSA) is 110 Å². The van der Waals surface area contributed by atoms with Crippen LogP contribution in [0.5, 0.6) is 0 Å². The standard InChI is InChI=1S/C15H14N6O/c1-9-6-19-14(20-9)10-4-2-3-5-11(10)21-15(22)12-7-18-13(16)8-17-12/h2-8H,1H3,(H2,16,18)(H,19,20)(H,21,22). The number of H-pyrrole nitrogens is 1. The highest BCUT2D eigenvalue weighted by Crippen LogP contribution is 2.25. The molecule has 3 aromatic rings. The Morgan fingerprint density at radius 1 is 1.14 bits per heavy atom. The molecule has 0 bridgehead atoms. The average Bonchev–Trinajstić information content (AvgIpc) is 2.95. The Balaban J connectivity index is 1.89. The summed E-state index contributed by atoms with van der Waals surface area (Å²) in [5.74, 6) is 0.600. The van der Waals surface area contributed by atoms with E-state index in [2.05, 4.69) is 25.3 Å². The summed E-state index contributed by atoms with van der Waals surface area (Å²) in [6.45, 7) is 1.92. The van der Waals surface area contributed by atoms with Crippen molar-refractivity contribution in [1.82, 2.24) is 19.9 Å². The lowest BCUT2D eigenvalue weighted by molar-refractivity contribution is 0.102. The van der Waals surface area contributed by atoms with Crippen LogP contribution in [0.25, 0.3) is 11.4 Å². The molecule has 110 valence electrons. The zero-order chi connectivity index (χ0) is 15.5. The van der Waals surface area contributed by atoms with Crippen molar-refractivity contribution in [3.05, 3.63) is 54.2 Å². The van der Waals surface area contributed by atoms with Gasteiger partial charge in [-0.3, -0.25) is 4.79 Å². The van der Waals surface area contributed by atoms with Gasteiger partial charge in [-0.25, -0.2) is 15.0 Å². The summed E-state index contributed by atoms with van der Waals surface area (Å²) in [6, 6.07) is 7.40. The van der Waals surface area contributed by atoms with Gasteiger partial charge in [0.2, 0.25) is 0 Å². The van der Waals surface area contributed by atoms with E-state index in [1.165, 1.54) is 12.4 Å². The molecule has 0 fully saturated rings. The molecule has 0 saturated heterocycles. The van der Waals surface area contributed by atoms with Gasteiger partial charge in [-0.15, -0.1) is 0 Å². The smallest absolute Gasteiger partial charge is 0.275 e. The highest BCUT2D eigenvalue weighted by molar-refractivity contribution is 6.04. The van der Waals surface area contributed by atoms with Gasteiger partial charge in [0, 0.05) is 17.5 Å². The van der Waals surface area contributed by atoms with E-state index in [-0.39, 0.29) is 17.4 Å². The Labute approximate surface area is 126 Å². The number of carbonyl (C=O) groups is 1. The Kier molecular flexibility index (Phi) is 3.53. The van der Waals surface area contributed by atoms with Crippen LogP contribution in [0.15, 0.2) is 42.9 Å². The maximum atomic E-state index is 12.2. The number of hydrogen-bond donors (Lipinski definition) is 3. The van der Waals surface area contributed by atoms with E-state index in [9.17, 15) is 4.79 Å². The molecule has 2 aromatic heterocycles. The fraction of sp³-hybridized carbons (Fsp3) is 0.0667. The van der Waals surface area contributed by atoms with Crippen LogP contribution in [0.2, 0.25) is 0 Å². The molecule has 1 amide bonds. The zero-order valence-electron chi connectivity index (χ0n) is 11.9. The summed E-state index contributed by atoms with van der Waals surface area (Å²) < 4.78 is 0. The van der Waals surface area contributed by atoms with E-state index in [4.69, 9.17) is 5.73 Å². The number of rotatable bonds is 3. The van der Waals surface area contributed by atoms with Crippen LogP contribution in [-0.4, -0.2) is 25.8 Å². The summed E-state index contributed by atoms with van der Waals surface area (Å²) in [5.41, 5.74) is 8.04. The van der Waals surface area contributed by atoms with Gasteiger partial charge in [0.1, 0.15) is 17.3 Å². The van der Waals surface area contributed by atoms with Gasteiger partial charge in [-0.1, -0.05) is 12.1 Å². The number of nitrogens with two attached hydrogens (primary N) is 1. The van der Waals surface area contributed by atoms with Gasteiger partial charge in [-0.2, -0.15) is 0 Å². The van der Waals surface area contributed by atoms with Crippen LogP contribution >= 0.6 is 0 Å². The Morgan fingerprint density at radius 3 is 2.64 bits per heavy atom. The number of carbonyl (C=O) groups excluding carboxylic acids is 1. The minimum atomic E-state index is -0.358. The molecule has 3 rings (SSSR count). The number of aromatic amines is 1. The number of amides is 1. The molecule has 7 heteroatoms. The first-order valence-electron chi connectivity index (χ1n) is 6.63. The summed E-state index contributed by atoms with van der Waals surface area (Å²) in [4.78, 5) is 27.5. The van der Waals surface area contributed by atoms with Crippen molar-refractivity contribution in [3.8, 4) is 11.4 Å². The molecule has 2 heterocycles. The molecule has 0 radical (unpaired) electrons. The quantitative estimate of drug-likeness (QED) is 0.684. The lowest BCUT2D eigenvalue weighted by Crippen LogP contribution is -2.15. The summed E-state index contributed by atoms with van der Waals surface area (Å²) in [7, 11) is 0. The molecule has 0 atom stereocenters. The summed E-state index contributed by atoms with van der Waals surface area (Å²) >= 11 is 0. The highest BCUT2D eigenvalue weighted by atomic mass is 16.1. The van der Waals surface area contributed by atoms with Crippen molar-refractivity contribution in [2.75, 3.05) is 11.1 Å². The first-order valence-corrected chi connectivity index (χ1v) is 6.63. The molecule has 7 nitrogen and oxygen atoms in total. The number of nitrogens with one attached hydrogen (secondary N) is 2. The average molecular weight is 294 g/mol. The SMILES string of the molecule is Cc1cnc(-c2ccccc2NC(=O)c2cnc(N)cn2)[nH]1. The Morgan fingerprint density at radius 2 is 1.95 bits per heavy atom. The van der Waals surface area contributed by atoms with Crippen LogP contribution in [0.4, 0.5) is 11.5 Å². The number of anilines is 2. The van der Waals surface area contributed by atoms with E-state index in [0.29, 0.717) is 11.5 Å². The van der Waals surface area contributed by atoms with E-state index in [1.807, 2.05) is 25.1 Å². The number of nitrogen functional groups attached to an aromatic ring is 1. The highest BCUT2D eigenvalue weighted by Gasteiger charge is 2.13. The normalized spacial score (nSPS) is 10.4. The molecule has 0 aliphatic carbocycles. The fourth-order valence-electron chi connectivity index (χ4n) is 1.99. The maximum Gasteiger partial charge on any atom is 0.275 e. The van der Waals surface area contributed by atoms with Crippen LogP contribution in [0.3, 0.4) is 0 Å². The van der Waals surface area contributed by atoms with Gasteiger partial charge in [0.05, 0.1) is 18.1 Å². The maximum absolute atomic E-state index is 12.2. The molecule has 0 aliphatic heterocycles. The molecular formula is C15H14N6O. The summed E-state index contributed by atoms with van der Waals surface area (Å²) in [6.07, 6.45) is 4.42. The van der Waals surface area contributed by atoms with E-state index >= 15 is 0 Å². The number of imidazole rings is 1. The number of para-hydroxylation sites is 1. The number of aryl methyl sites for hydroxylation is 1. The van der Waals surface area contributed by atoms with E-state index in [1.54, 1.807) is 12.3 Å². The second kappa shape index (κ2) is 5.65. The van der Waals surface area contributed by atoms with Crippen LogP contribution in [-0.2, 0) is 0 Å². The number of benzene rings is 1. The van der Waals surface area contributed by atoms with Gasteiger partial charge in [-0.05, 0) is 19.1 Å². The van der Waals surface area contributed by atoms with Crippen LogP contribution < -0.4 is 11.1 Å². The molecule has 1 aromatic carbocycles. The first kappa shape index (κ1) is 13.7. The third kappa shape index (κ3) is 2.78. The van der Waals surface area contributed by atoms with Gasteiger partial charge in [0.25, 0.3) is 5.91 Å². The Bertz CT molecular complexity index is 809. The molecule has 0 saturated carbocycles. The summed E-state index contributed by atoms with van der Waals surface area (Å²) in [5, 5.41) is 2.81. The molecule has 4 N–H and O–H groups in total. The molecule has 0 unspecified atom stereocenters. The van der Waals surface area contributed by atoms with Crippen molar-refractivity contribution >= 4 is 17.4 Å². The van der Waals surface area contributed by atoms with E-state index in [0.717, 1.165) is 11.3 Å². The van der Waals surface area contributed by atoms with Crippen molar-refractivity contribution in [3.63, 3.8) is 0 Å². The predicted molar refractivity (Wildman–Crippen MR) is 83.2 cm³/mol. The monoisotopic (exact) mass is 294 g/mol. The van der Waals surface area contributed by atoms with Crippen molar-refractivity contribution < 1.29 is 4.79 Å². The molecule has 0 aliphatic rings.